The molecule has 0 amide bonds. The molecule has 0 fully saturated rings. The molecule has 0 aliphatic heterocycles. The van der Waals surface area contributed by atoms with Gasteiger partial charge in [-0.2, -0.15) is 5.10 Å². The van der Waals surface area contributed by atoms with Crippen LogP contribution in [0.15, 0.2) is 60.8 Å². The van der Waals surface area contributed by atoms with Crippen molar-refractivity contribution >= 4 is 11.8 Å². The van der Waals surface area contributed by atoms with Gasteiger partial charge in [0.1, 0.15) is 22.9 Å². The molecular weight excluding hydrogens is 375 g/mol. The number of carbonyl (C=O) groups excluding carboxylic acids is 2. The van der Waals surface area contributed by atoms with Crippen molar-refractivity contribution in [2.75, 3.05) is 6.61 Å². The highest BCUT2D eigenvalue weighted by atomic mass is 19.1. The Kier molecular flexibility index (Phi) is 5.77. The van der Waals surface area contributed by atoms with Crippen molar-refractivity contribution in [1.29, 1.82) is 0 Å². The van der Waals surface area contributed by atoms with Crippen molar-refractivity contribution < 1.29 is 23.5 Å². The number of rotatable bonds is 6. The van der Waals surface area contributed by atoms with Gasteiger partial charge in [0, 0.05) is 11.8 Å². The average molecular weight is 396 g/mol. The average Bonchev–Trinajstić information content (AvgIpc) is 3.15. The van der Waals surface area contributed by atoms with Crippen molar-refractivity contribution in [2.45, 2.75) is 26.4 Å². The third-order valence-corrected chi connectivity index (χ3v) is 3.79. The highest BCUT2D eigenvalue weighted by Gasteiger charge is 2.17. The van der Waals surface area contributed by atoms with E-state index in [0.717, 1.165) is 0 Å². The second kappa shape index (κ2) is 8.26. The van der Waals surface area contributed by atoms with E-state index < -0.39 is 11.6 Å². The number of benzene rings is 2. The number of halogens is 1. The van der Waals surface area contributed by atoms with Crippen LogP contribution in [0.25, 0.3) is 5.69 Å². The molecule has 7 heteroatoms. The van der Waals surface area contributed by atoms with Gasteiger partial charge in [0.05, 0.1) is 5.69 Å². The van der Waals surface area contributed by atoms with Gasteiger partial charge in [-0.25, -0.2) is 13.9 Å². The van der Waals surface area contributed by atoms with Crippen molar-refractivity contribution in [3.8, 4) is 11.4 Å². The van der Waals surface area contributed by atoms with Crippen LogP contribution in [0.4, 0.5) is 4.39 Å². The molecule has 0 saturated carbocycles. The van der Waals surface area contributed by atoms with Crippen LogP contribution in [-0.2, 0) is 9.53 Å². The minimum absolute atomic E-state index is 0.235. The van der Waals surface area contributed by atoms with Gasteiger partial charge in [-0.05, 0) is 63.2 Å². The van der Waals surface area contributed by atoms with Gasteiger partial charge in [0.25, 0.3) is 0 Å². The van der Waals surface area contributed by atoms with Gasteiger partial charge in [0.15, 0.2) is 6.61 Å². The van der Waals surface area contributed by atoms with Crippen molar-refractivity contribution in [3.05, 3.63) is 77.9 Å². The van der Waals surface area contributed by atoms with Gasteiger partial charge >= 0.3 is 5.97 Å². The molecule has 0 radical (unpaired) electrons. The molecule has 0 aliphatic carbocycles. The van der Waals surface area contributed by atoms with Gasteiger partial charge in [-0.3, -0.25) is 4.79 Å². The zero-order valence-electron chi connectivity index (χ0n) is 16.4. The number of esters is 1. The first kappa shape index (κ1) is 20.3. The smallest absolute Gasteiger partial charge is 0.344 e. The Morgan fingerprint density at radius 2 is 1.79 bits per heavy atom. The first-order chi connectivity index (χ1) is 13.7. The van der Waals surface area contributed by atoms with Gasteiger partial charge in [-0.15, -0.1) is 0 Å². The topological polar surface area (TPSA) is 70.4 Å². The highest BCUT2D eigenvalue weighted by Crippen LogP contribution is 2.18. The molecule has 1 heterocycles. The number of ketones is 1. The molecule has 0 atom stereocenters. The maximum absolute atomic E-state index is 13.1. The van der Waals surface area contributed by atoms with E-state index in [0.29, 0.717) is 17.0 Å². The Hall–Kier alpha value is -3.48. The SMILES string of the molecule is CC(C)(C)OC(=O)COc1cccc(C(=O)c2ccn(-c3ccc(F)cc3)n2)c1. The Bertz CT molecular complexity index is 1020. The van der Waals surface area contributed by atoms with E-state index in [1.54, 1.807) is 69.4 Å². The number of ether oxygens (including phenoxy) is 2. The fourth-order valence-corrected chi connectivity index (χ4v) is 2.57. The predicted octanol–water partition coefficient (Wildman–Crippen LogP) is 3.96. The summed E-state index contributed by atoms with van der Waals surface area (Å²) in [5, 5.41) is 4.26. The Morgan fingerprint density at radius 3 is 2.48 bits per heavy atom. The third kappa shape index (κ3) is 5.51. The Balaban J connectivity index is 1.69. The molecule has 3 rings (SSSR count). The summed E-state index contributed by atoms with van der Waals surface area (Å²) in [6.07, 6.45) is 1.63. The molecule has 0 spiro atoms. The molecule has 2 aromatic carbocycles. The van der Waals surface area contributed by atoms with Crippen LogP contribution in [-0.4, -0.2) is 33.7 Å². The van der Waals surface area contributed by atoms with E-state index in [2.05, 4.69) is 5.10 Å². The zero-order chi connectivity index (χ0) is 21.0. The van der Waals surface area contributed by atoms with Crippen LogP contribution >= 0.6 is 0 Å². The Labute approximate surface area is 167 Å². The highest BCUT2D eigenvalue weighted by molar-refractivity contribution is 6.07. The maximum Gasteiger partial charge on any atom is 0.344 e. The predicted molar refractivity (Wildman–Crippen MR) is 105 cm³/mol. The normalized spacial score (nSPS) is 11.2. The van der Waals surface area contributed by atoms with Crippen LogP contribution in [0.5, 0.6) is 5.75 Å². The third-order valence-electron chi connectivity index (χ3n) is 3.79. The quantitative estimate of drug-likeness (QED) is 0.466. The maximum atomic E-state index is 13.1. The van der Waals surface area contributed by atoms with Crippen LogP contribution in [0.3, 0.4) is 0 Å². The fourth-order valence-electron chi connectivity index (χ4n) is 2.57. The molecule has 150 valence electrons. The molecule has 0 saturated heterocycles. The summed E-state index contributed by atoms with van der Waals surface area (Å²) < 4.78 is 25.2. The molecule has 6 nitrogen and oxygen atoms in total. The lowest BCUT2D eigenvalue weighted by molar-refractivity contribution is -0.157. The van der Waals surface area contributed by atoms with Crippen molar-refractivity contribution in [2.24, 2.45) is 0 Å². The van der Waals surface area contributed by atoms with Gasteiger partial charge in [0.2, 0.25) is 5.78 Å². The van der Waals surface area contributed by atoms with Crippen LogP contribution < -0.4 is 4.74 Å². The van der Waals surface area contributed by atoms with Crippen molar-refractivity contribution in [1.82, 2.24) is 9.78 Å². The van der Waals surface area contributed by atoms with E-state index in [9.17, 15) is 14.0 Å². The molecule has 29 heavy (non-hydrogen) atoms. The largest absolute Gasteiger partial charge is 0.482 e. The van der Waals surface area contributed by atoms with Gasteiger partial charge in [-0.1, -0.05) is 12.1 Å². The van der Waals surface area contributed by atoms with E-state index in [-0.39, 0.29) is 23.9 Å². The fraction of sp³-hybridized carbons (Fsp3) is 0.227. The van der Waals surface area contributed by atoms with E-state index in [4.69, 9.17) is 9.47 Å². The summed E-state index contributed by atoms with van der Waals surface area (Å²) >= 11 is 0. The first-order valence-electron chi connectivity index (χ1n) is 9.02. The number of nitrogens with zero attached hydrogens (tertiary/aromatic N) is 2. The van der Waals surface area contributed by atoms with E-state index in [1.807, 2.05) is 0 Å². The molecule has 0 N–H and O–H groups in total. The number of hydrogen-bond acceptors (Lipinski definition) is 5. The zero-order valence-corrected chi connectivity index (χ0v) is 16.4. The summed E-state index contributed by atoms with van der Waals surface area (Å²) in [7, 11) is 0. The molecule has 1 aromatic heterocycles. The second-order valence-corrected chi connectivity index (χ2v) is 7.35. The molecule has 0 aliphatic rings. The molecule has 0 unspecified atom stereocenters. The summed E-state index contributed by atoms with van der Waals surface area (Å²) in [4.78, 5) is 24.5. The molecule has 3 aromatic rings. The minimum atomic E-state index is -0.596. The summed E-state index contributed by atoms with van der Waals surface area (Å²) in [5.74, 6) is -0.763. The second-order valence-electron chi connectivity index (χ2n) is 7.35. The number of hydrogen-bond donors (Lipinski definition) is 0. The molecule has 0 bridgehead atoms. The summed E-state index contributed by atoms with van der Waals surface area (Å²) in [6.45, 7) is 5.06. The lowest BCUT2D eigenvalue weighted by Crippen LogP contribution is -2.27. The van der Waals surface area contributed by atoms with Crippen LogP contribution in [0.2, 0.25) is 0 Å². The Morgan fingerprint density at radius 1 is 1.07 bits per heavy atom. The first-order valence-corrected chi connectivity index (χ1v) is 9.02. The van der Waals surface area contributed by atoms with E-state index >= 15 is 0 Å². The molecular formula is C22H21FN2O4. The standard InChI is InChI=1S/C22H21FN2O4/c1-22(2,3)29-20(26)14-28-18-6-4-5-15(13-18)21(27)19-11-12-25(24-19)17-9-7-16(23)8-10-17/h4-13H,14H2,1-3H3. The van der Waals surface area contributed by atoms with E-state index in [1.165, 1.54) is 16.8 Å². The summed E-state index contributed by atoms with van der Waals surface area (Å²) in [6, 6.07) is 13.9. The van der Waals surface area contributed by atoms with Crippen LogP contribution in [0, 0.1) is 5.82 Å². The van der Waals surface area contributed by atoms with Crippen LogP contribution in [0.1, 0.15) is 36.8 Å². The lowest BCUT2D eigenvalue weighted by Gasteiger charge is -2.19. The number of carbonyl (C=O) groups is 2. The minimum Gasteiger partial charge on any atom is -0.482 e. The van der Waals surface area contributed by atoms with Gasteiger partial charge < -0.3 is 9.47 Å². The lowest BCUT2D eigenvalue weighted by atomic mass is 10.1. The summed E-state index contributed by atoms with van der Waals surface area (Å²) in [5.41, 5.74) is 0.649. The monoisotopic (exact) mass is 396 g/mol. The number of aromatic nitrogens is 2. The van der Waals surface area contributed by atoms with Crippen molar-refractivity contribution in [3.63, 3.8) is 0 Å².